The van der Waals surface area contributed by atoms with Crippen LogP contribution in [0.15, 0.2) is 49.0 Å². The average molecular weight is 212 g/mol. The normalized spacial score (nSPS) is 10.0. The van der Waals surface area contributed by atoms with Crippen molar-refractivity contribution in [3.63, 3.8) is 0 Å². The van der Waals surface area contributed by atoms with Crippen molar-refractivity contribution in [1.29, 1.82) is 0 Å². The number of rotatable bonds is 2. The molecule has 0 bridgehead atoms. The second-order valence-corrected chi connectivity index (χ2v) is 3.46. The van der Waals surface area contributed by atoms with Crippen molar-refractivity contribution in [2.75, 3.05) is 0 Å². The molecule has 0 atom stereocenters. The van der Waals surface area contributed by atoms with Crippen LogP contribution in [0.1, 0.15) is 5.56 Å². The van der Waals surface area contributed by atoms with E-state index in [4.69, 9.17) is 0 Å². The first-order valence-electron chi connectivity index (χ1n) is 4.97. The maximum absolute atomic E-state index is 9.99. The van der Waals surface area contributed by atoms with E-state index in [1.54, 1.807) is 12.1 Å². The van der Waals surface area contributed by atoms with Gasteiger partial charge in [-0.2, -0.15) is 0 Å². The van der Waals surface area contributed by atoms with Crippen molar-refractivity contribution in [3.8, 4) is 22.6 Å². The third kappa shape index (κ3) is 1.65. The van der Waals surface area contributed by atoms with E-state index in [0.717, 1.165) is 5.56 Å². The monoisotopic (exact) mass is 212 g/mol. The van der Waals surface area contributed by atoms with Gasteiger partial charge in [0, 0.05) is 5.56 Å². The predicted molar refractivity (Wildman–Crippen MR) is 65.3 cm³/mol. The van der Waals surface area contributed by atoms with Crippen LogP contribution in [0.25, 0.3) is 17.2 Å². The average Bonchev–Trinajstić information content (AvgIpc) is 2.31. The zero-order valence-corrected chi connectivity index (χ0v) is 8.72. The lowest BCUT2D eigenvalue weighted by molar-refractivity contribution is 0.449. The van der Waals surface area contributed by atoms with Crippen LogP contribution in [-0.4, -0.2) is 10.2 Å². The summed E-state index contributed by atoms with van der Waals surface area (Å²) in [6.45, 7) is 3.57. The van der Waals surface area contributed by atoms with Gasteiger partial charge in [-0.3, -0.25) is 0 Å². The Morgan fingerprint density at radius 1 is 0.938 bits per heavy atom. The molecule has 0 heterocycles. The molecule has 16 heavy (non-hydrogen) atoms. The Hall–Kier alpha value is -2.22. The molecule has 0 spiro atoms. The van der Waals surface area contributed by atoms with Crippen LogP contribution in [0.3, 0.4) is 0 Å². The topological polar surface area (TPSA) is 40.5 Å². The Kier molecular flexibility index (Phi) is 2.64. The second-order valence-electron chi connectivity index (χ2n) is 3.46. The first-order chi connectivity index (χ1) is 7.74. The van der Waals surface area contributed by atoms with Crippen LogP contribution in [0, 0.1) is 0 Å². The van der Waals surface area contributed by atoms with Gasteiger partial charge in [0.1, 0.15) is 11.5 Å². The summed E-state index contributed by atoms with van der Waals surface area (Å²) in [5, 5.41) is 19.5. The van der Waals surface area contributed by atoms with Gasteiger partial charge in [0.2, 0.25) is 0 Å². The summed E-state index contributed by atoms with van der Waals surface area (Å²) in [5.74, 6) is 0.0911. The van der Waals surface area contributed by atoms with Crippen LogP contribution in [0.4, 0.5) is 0 Å². The standard InChI is InChI=1S/C14H12O2/c1-2-11-13(15)9-8-12(14(11)16)10-6-4-3-5-7-10/h2-9,15-16H,1H2. The number of benzene rings is 2. The molecule has 0 aliphatic rings. The summed E-state index contributed by atoms with van der Waals surface area (Å²) in [6.07, 6.45) is 1.44. The molecule has 2 aromatic carbocycles. The molecule has 2 aromatic rings. The van der Waals surface area contributed by atoms with Crippen molar-refractivity contribution in [2.24, 2.45) is 0 Å². The largest absolute Gasteiger partial charge is 0.507 e. The quantitative estimate of drug-likeness (QED) is 0.800. The minimum absolute atomic E-state index is 0.0344. The van der Waals surface area contributed by atoms with E-state index < -0.39 is 0 Å². The van der Waals surface area contributed by atoms with Gasteiger partial charge in [-0.05, 0) is 17.7 Å². The number of hydrogen-bond donors (Lipinski definition) is 2. The smallest absolute Gasteiger partial charge is 0.134 e. The number of phenols is 2. The molecule has 0 saturated heterocycles. The van der Waals surface area contributed by atoms with Crippen molar-refractivity contribution in [3.05, 3.63) is 54.6 Å². The molecule has 0 aliphatic carbocycles. The van der Waals surface area contributed by atoms with Crippen LogP contribution in [0.5, 0.6) is 11.5 Å². The molecule has 80 valence electrons. The summed E-state index contributed by atoms with van der Waals surface area (Å²) in [4.78, 5) is 0. The first-order valence-corrected chi connectivity index (χ1v) is 4.97. The first kappa shape index (κ1) is 10.3. The van der Waals surface area contributed by atoms with E-state index in [2.05, 4.69) is 6.58 Å². The van der Waals surface area contributed by atoms with Crippen molar-refractivity contribution in [1.82, 2.24) is 0 Å². The molecule has 0 aromatic heterocycles. The Morgan fingerprint density at radius 2 is 1.62 bits per heavy atom. The minimum Gasteiger partial charge on any atom is -0.507 e. The molecule has 2 rings (SSSR count). The third-order valence-electron chi connectivity index (χ3n) is 2.48. The van der Waals surface area contributed by atoms with Crippen LogP contribution in [-0.2, 0) is 0 Å². The Bertz CT molecular complexity index is 516. The van der Waals surface area contributed by atoms with Crippen molar-refractivity contribution >= 4 is 6.08 Å². The molecular weight excluding hydrogens is 200 g/mol. The highest BCUT2D eigenvalue weighted by molar-refractivity contribution is 5.78. The highest BCUT2D eigenvalue weighted by atomic mass is 16.3. The second kappa shape index (κ2) is 4.11. The number of aromatic hydroxyl groups is 2. The zero-order chi connectivity index (χ0) is 11.5. The molecule has 0 unspecified atom stereocenters. The molecule has 0 amide bonds. The predicted octanol–water partition coefficient (Wildman–Crippen LogP) is 3.41. The highest BCUT2D eigenvalue weighted by Crippen LogP contribution is 2.37. The summed E-state index contributed by atoms with van der Waals surface area (Å²) in [7, 11) is 0. The van der Waals surface area contributed by atoms with E-state index in [0.29, 0.717) is 11.1 Å². The van der Waals surface area contributed by atoms with Crippen molar-refractivity contribution in [2.45, 2.75) is 0 Å². The molecule has 0 radical (unpaired) electrons. The zero-order valence-electron chi connectivity index (χ0n) is 8.72. The van der Waals surface area contributed by atoms with Gasteiger partial charge in [-0.1, -0.05) is 43.0 Å². The van der Waals surface area contributed by atoms with Gasteiger partial charge in [0.05, 0.1) is 5.56 Å². The fourth-order valence-corrected chi connectivity index (χ4v) is 1.65. The van der Waals surface area contributed by atoms with Gasteiger partial charge in [0.25, 0.3) is 0 Å². The van der Waals surface area contributed by atoms with E-state index in [1.807, 2.05) is 30.3 Å². The summed E-state index contributed by atoms with van der Waals surface area (Å²) in [6, 6.07) is 12.8. The molecule has 0 saturated carbocycles. The van der Waals surface area contributed by atoms with Crippen LogP contribution < -0.4 is 0 Å². The minimum atomic E-state index is 0.0344. The lowest BCUT2D eigenvalue weighted by Gasteiger charge is -2.08. The maximum Gasteiger partial charge on any atom is 0.134 e. The van der Waals surface area contributed by atoms with Crippen molar-refractivity contribution < 1.29 is 10.2 Å². The Labute approximate surface area is 94.1 Å². The molecule has 0 fully saturated rings. The number of phenolic OH excluding ortho intramolecular Hbond substituents is 2. The van der Waals surface area contributed by atoms with Crippen LogP contribution in [0.2, 0.25) is 0 Å². The maximum atomic E-state index is 9.99. The molecule has 0 aliphatic heterocycles. The van der Waals surface area contributed by atoms with Gasteiger partial charge in [-0.25, -0.2) is 0 Å². The summed E-state index contributed by atoms with van der Waals surface area (Å²) < 4.78 is 0. The van der Waals surface area contributed by atoms with E-state index in [1.165, 1.54) is 6.08 Å². The van der Waals surface area contributed by atoms with Gasteiger partial charge in [-0.15, -0.1) is 0 Å². The summed E-state index contributed by atoms with van der Waals surface area (Å²) >= 11 is 0. The fourth-order valence-electron chi connectivity index (χ4n) is 1.65. The Balaban J connectivity index is 2.64. The SMILES string of the molecule is C=Cc1c(O)ccc(-c2ccccc2)c1O. The molecule has 2 N–H and O–H groups in total. The Morgan fingerprint density at radius 3 is 2.25 bits per heavy atom. The van der Waals surface area contributed by atoms with E-state index >= 15 is 0 Å². The molecular formula is C14H12O2. The third-order valence-corrected chi connectivity index (χ3v) is 2.48. The van der Waals surface area contributed by atoms with Gasteiger partial charge >= 0.3 is 0 Å². The molecule has 2 nitrogen and oxygen atoms in total. The molecule has 2 heteroatoms. The highest BCUT2D eigenvalue weighted by Gasteiger charge is 2.10. The number of hydrogen-bond acceptors (Lipinski definition) is 2. The fraction of sp³-hybridized carbons (Fsp3) is 0. The van der Waals surface area contributed by atoms with Gasteiger partial charge < -0.3 is 10.2 Å². The van der Waals surface area contributed by atoms with Crippen LogP contribution >= 0.6 is 0 Å². The van der Waals surface area contributed by atoms with Gasteiger partial charge in [0.15, 0.2) is 0 Å². The lowest BCUT2D eigenvalue weighted by atomic mass is 10.0. The summed E-state index contributed by atoms with van der Waals surface area (Å²) in [5.41, 5.74) is 1.96. The van der Waals surface area contributed by atoms with E-state index in [-0.39, 0.29) is 11.5 Å². The lowest BCUT2D eigenvalue weighted by Crippen LogP contribution is -1.83. The van der Waals surface area contributed by atoms with E-state index in [9.17, 15) is 10.2 Å².